The van der Waals surface area contributed by atoms with Crippen molar-refractivity contribution in [3.8, 4) is 5.75 Å². The Kier molecular flexibility index (Phi) is 4.06. The smallest absolute Gasteiger partial charge is 0.416 e. The van der Waals surface area contributed by atoms with Gasteiger partial charge in [-0.2, -0.15) is 13.2 Å². The van der Waals surface area contributed by atoms with Gasteiger partial charge in [0.15, 0.2) is 11.6 Å². The lowest BCUT2D eigenvalue weighted by Gasteiger charge is -2.43. The standard InChI is InChI=1S/C19H17F4NO2/c20-14-8-10(3-6-16(14)25)17-12-2-1-7-26-18(12)13-9-11(19(21,22)23)4-5-15(13)24-17/h3-6,8-9,12,17-18,24-25H,1-2,7H2/t12-,17-,18-/m0/s1. The molecular weight excluding hydrogens is 350 g/mol. The van der Waals surface area contributed by atoms with Crippen molar-refractivity contribution in [1.82, 2.24) is 0 Å². The Morgan fingerprint density at radius 2 is 1.92 bits per heavy atom. The van der Waals surface area contributed by atoms with Crippen LogP contribution in [0, 0.1) is 11.7 Å². The van der Waals surface area contributed by atoms with Gasteiger partial charge in [0.1, 0.15) is 0 Å². The summed E-state index contributed by atoms with van der Waals surface area (Å²) in [4.78, 5) is 0. The van der Waals surface area contributed by atoms with Crippen molar-refractivity contribution in [2.45, 2.75) is 31.2 Å². The molecular formula is C19H17F4NO2. The summed E-state index contributed by atoms with van der Waals surface area (Å²) in [6, 6.07) is 7.43. The Bertz CT molecular complexity index is 837. The molecule has 1 fully saturated rings. The van der Waals surface area contributed by atoms with Gasteiger partial charge in [0.25, 0.3) is 0 Å². The third-order valence-electron chi connectivity index (χ3n) is 5.12. The van der Waals surface area contributed by atoms with E-state index in [2.05, 4.69) is 5.32 Å². The molecule has 4 rings (SSSR count). The topological polar surface area (TPSA) is 41.5 Å². The Hall–Kier alpha value is -2.28. The first-order valence-corrected chi connectivity index (χ1v) is 8.42. The molecule has 0 radical (unpaired) electrons. The van der Waals surface area contributed by atoms with Gasteiger partial charge in [-0.25, -0.2) is 4.39 Å². The molecule has 2 aromatic carbocycles. The molecule has 2 aromatic rings. The fourth-order valence-electron chi connectivity index (χ4n) is 3.89. The minimum atomic E-state index is -4.42. The number of alkyl halides is 3. The number of anilines is 1. The number of ether oxygens (including phenoxy) is 1. The molecule has 2 aliphatic rings. The lowest BCUT2D eigenvalue weighted by Crippen LogP contribution is -2.36. The highest BCUT2D eigenvalue weighted by molar-refractivity contribution is 5.58. The van der Waals surface area contributed by atoms with Crippen molar-refractivity contribution in [2.24, 2.45) is 5.92 Å². The predicted octanol–water partition coefficient (Wildman–Crippen LogP) is 5.18. The molecule has 0 unspecified atom stereocenters. The molecule has 0 spiro atoms. The molecule has 3 nitrogen and oxygen atoms in total. The van der Waals surface area contributed by atoms with Gasteiger partial charge < -0.3 is 15.2 Å². The van der Waals surface area contributed by atoms with E-state index < -0.39 is 29.4 Å². The lowest BCUT2D eigenvalue weighted by atomic mass is 9.77. The van der Waals surface area contributed by atoms with Crippen molar-refractivity contribution in [2.75, 3.05) is 11.9 Å². The minimum absolute atomic E-state index is 0.122. The molecule has 2 aliphatic heterocycles. The Morgan fingerprint density at radius 3 is 2.65 bits per heavy atom. The number of hydrogen-bond donors (Lipinski definition) is 2. The van der Waals surface area contributed by atoms with Crippen molar-refractivity contribution in [3.05, 3.63) is 58.9 Å². The zero-order valence-electron chi connectivity index (χ0n) is 13.7. The first-order chi connectivity index (χ1) is 12.3. The highest BCUT2D eigenvalue weighted by Gasteiger charge is 2.41. The van der Waals surface area contributed by atoms with Gasteiger partial charge in [-0.1, -0.05) is 6.07 Å². The predicted molar refractivity (Wildman–Crippen MR) is 87.3 cm³/mol. The maximum absolute atomic E-state index is 13.8. The summed E-state index contributed by atoms with van der Waals surface area (Å²) < 4.78 is 58.9. The first-order valence-electron chi connectivity index (χ1n) is 8.42. The monoisotopic (exact) mass is 367 g/mol. The van der Waals surface area contributed by atoms with Crippen LogP contribution in [0.5, 0.6) is 5.75 Å². The van der Waals surface area contributed by atoms with E-state index in [0.717, 1.165) is 25.0 Å². The summed E-state index contributed by atoms with van der Waals surface area (Å²) in [5, 5.41) is 12.7. The third-order valence-corrected chi connectivity index (χ3v) is 5.12. The second-order valence-corrected chi connectivity index (χ2v) is 6.73. The average molecular weight is 367 g/mol. The number of hydrogen-bond acceptors (Lipinski definition) is 3. The SMILES string of the molecule is Oc1ccc([C@@H]2Nc3ccc(C(F)(F)F)cc3[C@H]3OCCC[C@H]32)cc1F. The van der Waals surface area contributed by atoms with E-state index in [9.17, 15) is 22.7 Å². The summed E-state index contributed by atoms with van der Waals surface area (Å²) in [7, 11) is 0. The number of aromatic hydroxyl groups is 1. The summed E-state index contributed by atoms with van der Waals surface area (Å²) in [6.07, 6.45) is -3.37. The summed E-state index contributed by atoms with van der Waals surface area (Å²) in [5.41, 5.74) is 0.964. The van der Waals surface area contributed by atoms with E-state index in [0.29, 0.717) is 23.4 Å². The molecule has 0 aliphatic carbocycles. The lowest BCUT2D eigenvalue weighted by molar-refractivity contribution is -0.137. The van der Waals surface area contributed by atoms with Crippen molar-refractivity contribution in [3.63, 3.8) is 0 Å². The van der Waals surface area contributed by atoms with Gasteiger partial charge in [-0.15, -0.1) is 0 Å². The van der Waals surface area contributed by atoms with Gasteiger partial charge in [-0.3, -0.25) is 0 Å². The molecule has 2 heterocycles. The summed E-state index contributed by atoms with van der Waals surface area (Å²) in [5.74, 6) is -1.28. The van der Waals surface area contributed by atoms with Gasteiger partial charge >= 0.3 is 6.18 Å². The molecule has 3 atom stereocenters. The first kappa shape index (κ1) is 17.1. The molecule has 1 saturated heterocycles. The van der Waals surface area contributed by atoms with Crippen LogP contribution in [-0.4, -0.2) is 11.7 Å². The highest BCUT2D eigenvalue weighted by atomic mass is 19.4. The molecule has 7 heteroatoms. The van der Waals surface area contributed by atoms with Gasteiger partial charge in [0, 0.05) is 23.8 Å². The van der Waals surface area contributed by atoms with Gasteiger partial charge in [0.2, 0.25) is 0 Å². The number of fused-ring (bicyclic) bond motifs is 3. The van der Waals surface area contributed by atoms with Crippen LogP contribution in [0.4, 0.5) is 23.2 Å². The second kappa shape index (κ2) is 6.16. The van der Waals surface area contributed by atoms with Gasteiger partial charge in [-0.05, 0) is 48.7 Å². The molecule has 26 heavy (non-hydrogen) atoms. The maximum atomic E-state index is 13.8. The molecule has 138 valence electrons. The number of rotatable bonds is 1. The van der Waals surface area contributed by atoms with Crippen LogP contribution in [0.3, 0.4) is 0 Å². The Morgan fingerprint density at radius 1 is 1.12 bits per heavy atom. The quantitative estimate of drug-likeness (QED) is 0.682. The van der Waals surface area contributed by atoms with Crippen molar-refractivity contribution in [1.29, 1.82) is 0 Å². The molecule has 0 aromatic heterocycles. The second-order valence-electron chi connectivity index (χ2n) is 6.73. The number of phenolic OH excluding ortho intramolecular Hbond substituents is 1. The van der Waals surface area contributed by atoms with Crippen LogP contribution in [-0.2, 0) is 10.9 Å². The van der Waals surface area contributed by atoms with Crippen LogP contribution in [0.2, 0.25) is 0 Å². The van der Waals surface area contributed by atoms with E-state index >= 15 is 0 Å². The van der Waals surface area contributed by atoms with Crippen LogP contribution in [0.1, 0.15) is 41.7 Å². The fraction of sp³-hybridized carbons (Fsp3) is 0.368. The molecule has 2 N–H and O–H groups in total. The van der Waals surface area contributed by atoms with E-state index in [1.165, 1.54) is 18.2 Å². The highest BCUT2D eigenvalue weighted by Crippen LogP contribution is 2.50. The van der Waals surface area contributed by atoms with E-state index in [-0.39, 0.29) is 12.0 Å². The molecule has 0 saturated carbocycles. The zero-order valence-corrected chi connectivity index (χ0v) is 13.7. The average Bonchev–Trinajstić information content (AvgIpc) is 2.62. The summed E-state index contributed by atoms with van der Waals surface area (Å²) in [6.45, 7) is 0.480. The summed E-state index contributed by atoms with van der Waals surface area (Å²) >= 11 is 0. The minimum Gasteiger partial charge on any atom is -0.505 e. The number of halogens is 4. The van der Waals surface area contributed by atoms with Crippen LogP contribution in [0.15, 0.2) is 36.4 Å². The van der Waals surface area contributed by atoms with Crippen molar-refractivity contribution >= 4 is 5.69 Å². The largest absolute Gasteiger partial charge is 0.505 e. The normalized spacial score (nSPS) is 25.2. The van der Waals surface area contributed by atoms with E-state index in [1.54, 1.807) is 6.07 Å². The van der Waals surface area contributed by atoms with Crippen LogP contribution in [0.25, 0.3) is 0 Å². The van der Waals surface area contributed by atoms with Crippen molar-refractivity contribution < 1.29 is 27.4 Å². The third kappa shape index (κ3) is 2.90. The molecule has 0 amide bonds. The fourth-order valence-corrected chi connectivity index (χ4v) is 3.89. The Balaban J connectivity index is 1.77. The van der Waals surface area contributed by atoms with Crippen LogP contribution < -0.4 is 5.32 Å². The van der Waals surface area contributed by atoms with Crippen LogP contribution >= 0.6 is 0 Å². The van der Waals surface area contributed by atoms with E-state index in [4.69, 9.17) is 4.74 Å². The maximum Gasteiger partial charge on any atom is 0.416 e. The Labute approximate surface area is 147 Å². The number of nitrogens with one attached hydrogen (secondary N) is 1. The zero-order chi connectivity index (χ0) is 18.5. The molecule has 0 bridgehead atoms. The van der Waals surface area contributed by atoms with Gasteiger partial charge in [0.05, 0.1) is 17.7 Å². The van der Waals surface area contributed by atoms with E-state index in [1.807, 2.05) is 0 Å². The number of benzene rings is 2. The number of phenols is 1.